The molecule has 2 N–H and O–H groups in total. The number of aromatic nitrogens is 2. The molecule has 0 fully saturated rings. The van der Waals surface area contributed by atoms with Crippen molar-refractivity contribution in [1.29, 1.82) is 0 Å². The molecule has 3 aromatic carbocycles. The SMILES string of the molecule is CNC(=O)c1cccc(CNC(=O)c2cn(-c3ccc(C)cc3)nc2-c2cccc(OC)c2)c1. The second-order valence-electron chi connectivity index (χ2n) is 7.87. The van der Waals surface area contributed by atoms with Gasteiger partial charge in [-0.15, -0.1) is 0 Å². The lowest BCUT2D eigenvalue weighted by Crippen LogP contribution is -2.23. The Kier molecular flexibility index (Phi) is 6.73. The fourth-order valence-electron chi connectivity index (χ4n) is 3.60. The second-order valence-corrected chi connectivity index (χ2v) is 7.87. The zero-order valence-corrected chi connectivity index (χ0v) is 19.3. The van der Waals surface area contributed by atoms with Crippen LogP contribution < -0.4 is 15.4 Å². The predicted octanol–water partition coefficient (Wildman–Crippen LogP) is 4.15. The van der Waals surface area contributed by atoms with Gasteiger partial charge in [-0.1, -0.05) is 42.0 Å². The summed E-state index contributed by atoms with van der Waals surface area (Å²) >= 11 is 0. The highest BCUT2D eigenvalue weighted by atomic mass is 16.5. The quantitative estimate of drug-likeness (QED) is 0.439. The maximum atomic E-state index is 13.3. The fourth-order valence-corrected chi connectivity index (χ4v) is 3.60. The molecule has 0 aliphatic rings. The number of nitrogens with one attached hydrogen (secondary N) is 2. The van der Waals surface area contributed by atoms with Gasteiger partial charge in [0, 0.05) is 30.9 Å². The third-order valence-electron chi connectivity index (χ3n) is 5.47. The van der Waals surface area contributed by atoms with Crippen molar-refractivity contribution in [3.63, 3.8) is 0 Å². The monoisotopic (exact) mass is 454 g/mol. The number of hydrogen-bond acceptors (Lipinski definition) is 4. The van der Waals surface area contributed by atoms with Crippen molar-refractivity contribution < 1.29 is 14.3 Å². The highest BCUT2D eigenvalue weighted by molar-refractivity contribution is 6.00. The molecule has 172 valence electrons. The number of methoxy groups -OCH3 is 1. The minimum Gasteiger partial charge on any atom is -0.497 e. The van der Waals surface area contributed by atoms with Crippen molar-refractivity contribution in [3.8, 4) is 22.7 Å². The van der Waals surface area contributed by atoms with Gasteiger partial charge in [-0.25, -0.2) is 4.68 Å². The number of nitrogens with zero attached hydrogens (tertiary/aromatic N) is 2. The molecule has 0 aliphatic heterocycles. The van der Waals surface area contributed by atoms with Gasteiger partial charge in [0.25, 0.3) is 11.8 Å². The zero-order chi connectivity index (χ0) is 24.1. The molecular weight excluding hydrogens is 428 g/mol. The van der Waals surface area contributed by atoms with Crippen molar-refractivity contribution in [2.75, 3.05) is 14.2 Å². The molecule has 4 rings (SSSR count). The molecule has 0 spiro atoms. The lowest BCUT2D eigenvalue weighted by Gasteiger charge is -2.08. The highest BCUT2D eigenvalue weighted by Crippen LogP contribution is 2.27. The smallest absolute Gasteiger partial charge is 0.255 e. The number of carbonyl (C=O) groups excluding carboxylic acids is 2. The Bertz CT molecular complexity index is 1330. The Morgan fingerprint density at radius 1 is 0.971 bits per heavy atom. The Morgan fingerprint density at radius 3 is 2.47 bits per heavy atom. The number of ether oxygens (including phenoxy) is 1. The van der Waals surface area contributed by atoms with Gasteiger partial charge in [-0.05, 0) is 48.9 Å². The van der Waals surface area contributed by atoms with Crippen molar-refractivity contribution >= 4 is 11.8 Å². The fraction of sp³-hybridized carbons (Fsp3) is 0.148. The van der Waals surface area contributed by atoms with Gasteiger partial charge in [0.1, 0.15) is 11.4 Å². The van der Waals surface area contributed by atoms with Crippen molar-refractivity contribution in [2.45, 2.75) is 13.5 Å². The molecule has 0 atom stereocenters. The van der Waals surface area contributed by atoms with Gasteiger partial charge in [0.05, 0.1) is 18.4 Å². The van der Waals surface area contributed by atoms with Crippen molar-refractivity contribution in [1.82, 2.24) is 20.4 Å². The lowest BCUT2D eigenvalue weighted by atomic mass is 10.1. The molecule has 0 saturated carbocycles. The standard InChI is InChI=1S/C27H26N4O3/c1-18-10-12-22(13-11-18)31-17-24(25(30-31)20-7-5-9-23(15-20)34-3)27(33)29-16-19-6-4-8-21(14-19)26(32)28-2/h4-15,17H,16H2,1-3H3,(H,28,32)(H,29,33). The summed E-state index contributed by atoms with van der Waals surface area (Å²) in [4.78, 5) is 25.2. The Morgan fingerprint density at radius 2 is 1.74 bits per heavy atom. The molecule has 4 aromatic rings. The van der Waals surface area contributed by atoms with Crippen LogP contribution in [0.15, 0.2) is 79.0 Å². The van der Waals surface area contributed by atoms with Gasteiger partial charge < -0.3 is 15.4 Å². The van der Waals surface area contributed by atoms with Crippen molar-refractivity contribution in [2.24, 2.45) is 0 Å². The van der Waals surface area contributed by atoms with Crippen LogP contribution in [0.3, 0.4) is 0 Å². The summed E-state index contributed by atoms with van der Waals surface area (Å²) in [5.41, 5.74) is 5.12. The summed E-state index contributed by atoms with van der Waals surface area (Å²) in [5.74, 6) is 0.245. The van der Waals surface area contributed by atoms with E-state index < -0.39 is 0 Å². The summed E-state index contributed by atoms with van der Waals surface area (Å²) in [7, 11) is 3.19. The van der Waals surface area contributed by atoms with Crippen LogP contribution in [0.5, 0.6) is 5.75 Å². The van der Waals surface area contributed by atoms with E-state index in [1.165, 1.54) is 0 Å². The zero-order valence-electron chi connectivity index (χ0n) is 19.3. The van der Waals surface area contributed by atoms with E-state index >= 15 is 0 Å². The Hall–Kier alpha value is -4.39. The first kappa shape index (κ1) is 22.8. The Balaban J connectivity index is 1.65. The van der Waals surface area contributed by atoms with Gasteiger partial charge in [-0.2, -0.15) is 5.10 Å². The Labute approximate surface area is 198 Å². The van der Waals surface area contributed by atoms with E-state index in [2.05, 4.69) is 10.6 Å². The lowest BCUT2D eigenvalue weighted by molar-refractivity contribution is 0.0949. The summed E-state index contributed by atoms with van der Waals surface area (Å²) in [6.45, 7) is 2.30. The van der Waals surface area contributed by atoms with Crippen LogP contribution in [0, 0.1) is 6.92 Å². The average molecular weight is 455 g/mol. The van der Waals surface area contributed by atoms with Crippen LogP contribution in [-0.2, 0) is 6.54 Å². The summed E-state index contributed by atoms with van der Waals surface area (Å²) in [6, 6.07) is 22.5. The molecule has 2 amide bonds. The maximum absolute atomic E-state index is 13.3. The average Bonchev–Trinajstić information content (AvgIpc) is 3.33. The minimum absolute atomic E-state index is 0.173. The van der Waals surface area contributed by atoms with Crippen molar-refractivity contribution in [3.05, 3.63) is 101 Å². The van der Waals surface area contributed by atoms with Gasteiger partial charge >= 0.3 is 0 Å². The molecule has 0 saturated heterocycles. The van der Waals surface area contributed by atoms with Gasteiger partial charge in [0.15, 0.2) is 0 Å². The molecule has 0 radical (unpaired) electrons. The maximum Gasteiger partial charge on any atom is 0.255 e. The highest BCUT2D eigenvalue weighted by Gasteiger charge is 2.19. The van der Waals surface area contributed by atoms with Gasteiger partial charge in [-0.3, -0.25) is 9.59 Å². The number of aryl methyl sites for hydroxylation is 1. The second kappa shape index (κ2) is 10.0. The van der Waals surface area contributed by atoms with Crippen LogP contribution in [-0.4, -0.2) is 35.8 Å². The van der Waals surface area contributed by atoms with E-state index in [1.807, 2.05) is 61.5 Å². The van der Waals surface area contributed by atoms with E-state index in [0.717, 1.165) is 22.4 Å². The van der Waals surface area contributed by atoms with E-state index in [9.17, 15) is 9.59 Å². The predicted molar refractivity (Wildman–Crippen MR) is 131 cm³/mol. The molecule has 34 heavy (non-hydrogen) atoms. The molecule has 0 unspecified atom stereocenters. The molecule has 1 aromatic heterocycles. The molecular formula is C27H26N4O3. The summed E-state index contributed by atoms with van der Waals surface area (Å²) in [5, 5.41) is 10.3. The number of benzene rings is 3. The summed E-state index contributed by atoms with van der Waals surface area (Å²) < 4.78 is 7.06. The molecule has 0 aliphatic carbocycles. The number of rotatable bonds is 7. The van der Waals surface area contributed by atoms with Crippen LogP contribution in [0.4, 0.5) is 0 Å². The number of amides is 2. The normalized spacial score (nSPS) is 10.6. The molecule has 7 nitrogen and oxygen atoms in total. The summed E-state index contributed by atoms with van der Waals surface area (Å²) in [6.07, 6.45) is 1.73. The molecule has 0 bridgehead atoms. The first-order valence-electron chi connectivity index (χ1n) is 10.9. The topological polar surface area (TPSA) is 85.3 Å². The first-order chi connectivity index (χ1) is 16.5. The van der Waals surface area contributed by atoms with E-state index in [4.69, 9.17) is 9.84 Å². The van der Waals surface area contributed by atoms with Crippen LogP contribution >= 0.6 is 0 Å². The first-order valence-corrected chi connectivity index (χ1v) is 10.9. The molecule has 7 heteroatoms. The van der Waals surface area contributed by atoms with E-state index in [1.54, 1.807) is 43.2 Å². The van der Waals surface area contributed by atoms with Crippen LogP contribution in [0.2, 0.25) is 0 Å². The van der Waals surface area contributed by atoms with Gasteiger partial charge in [0.2, 0.25) is 0 Å². The third-order valence-corrected chi connectivity index (χ3v) is 5.47. The third kappa shape index (κ3) is 4.99. The van der Waals surface area contributed by atoms with Crippen LogP contribution in [0.25, 0.3) is 16.9 Å². The molecule has 1 heterocycles. The van der Waals surface area contributed by atoms with E-state index in [-0.39, 0.29) is 18.4 Å². The van der Waals surface area contributed by atoms with Crippen LogP contribution in [0.1, 0.15) is 31.8 Å². The minimum atomic E-state index is -0.262. The number of carbonyl (C=O) groups is 2. The number of hydrogen-bond donors (Lipinski definition) is 2. The van der Waals surface area contributed by atoms with E-state index in [0.29, 0.717) is 22.6 Å². The largest absolute Gasteiger partial charge is 0.497 e.